The van der Waals surface area contributed by atoms with E-state index in [2.05, 4.69) is 20.9 Å². The van der Waals surface area contributed by atoms with E-state index in [0.717, 1.165) is 16.7 Å². The van der Waals surface area contributed by atoms with Crippen molar-refractivity contribution in [1.82, 2.24) is 19.8 Å². The molecular weight excluding hydrogens is 424 g/mol. The Hall–Kier alpha value is -2.80. The second-order valence-corrected chi connectivity index (χ2v) is 8.90. The van der Waals surface area contributed by atoms with Gasteiger partial charge in [-0.3, -0.25) is 19.7 Å². The maximum absolute atomic E-state index is 13.9. The zero-order valence-corrected chi connectivity index (χ0v) is 18.5. The number of halogens is 1. The molecule has 0 saturated carbocycles. The van der Waals surface area contributed by atoms with Gasteiger partial charge in [-0.15, -0.1) is 0 Å². The van der Waals surface area contributed by atoms with Gasteiger partial charge in [-0.25, -0.2) is 0 Å². The first-order valence-corrected chi connectivity index (χ1v) is 11.2. The zero-order valence-electron chi connectivity index (χ0n) is 17.7. The van der Waals surface area contributed by atoms with Crippen LogP contribution in [0.1, 0.15) is 22.6 Å². The number of nitrogens with zero attached hydrogens (tertiary/aromatic N) is 4. The molecule has 4 heterocycles. The molecule has 2 saturated heterocycles. The summed E-state index contributed by atoms with van der Waals surface area (Å²) in [6.07, 6.45) is 7.13. The Labute approximate surface area is 192 Å². The average molecular weight is 449 g/mol. The fraction of sp³-hybridized carbons (Fsp3) is 0.320. The molecule has 2 aliphatic heterocycles. The molecule has 0 aliphatic carbocycles. The van der Waals surface area contributed by atoms with Crippen molar-refractivity contribution in [3.63, 3.8) is 0 Å². The molecule has 164 valence electrons. The van der Waals surface area contributed by atoms with E-state index in [1.54, 1.807) is 18.6 Å². The molecule has 3 aromatic rings. The van der Waals surface area contributed by atoms with Gasteiger partial charge < -0.3 is 9.64 Å². The van der Waals surface area contributed by atoms with E-state index in [-0.39, 0.29) is 11.8 Å². The molecule has 1 spiro atoms. The number of carbonyl (C=O) groups is 1. The van der Waals surface area contributed by atoms with Crippen LogP contribution in [0.4, 0.5) is 0 Å². The normalized spacial score (nSPS) is 23.7. The van der Waals surface area contributed by atoms with Gasteiger partial charge in [-0.1, -0.05) is 29.8 Å². The number of hydrogen-bond acceptors (Lipinski definition) is 5. The predicted octanol–water partition coefficient (Wildman–Crippen LogP) is 3.53. The van der Waals surface area contributed by atoms with Gasteiger partial charge in [-0.2, -0.15) is 0 Å². The van der Waals surface area contributed by atoms with Crippen LogP contribution in [-0.2, 0) is 22.6 Å². The van der Waals surface area contributed by atoms with Crippen molar-refractivity contribution in [2.24, 2.45) is 0 Å². The van der Waals surface area contributed by atoms with E-state index in [1.807, 2.05) is 53.6 Å². The third-order valence-electron chi connectivity index (χ3n) is 6.34. The Bertz CT molecular complexity index is 1080. The van der Waals surface area contributed by atoms with Crippen LogP contribution in [0.25, 0.3) is 0 Å². The molecule has 5 rings (SSSR count). The number of morpholine rings is 1. The van der Waals surface area contributed by atoms with Crippen molar-refractivity contribution in [3.05, 3.63) is 95.0 Å². The van der Waals surface area contributed by atoms with Crippen LogP contribution in [0.2, 0.25) is 5.02 Å². The highest BCUT2D eigenvalue weighted by atomic mass is 35.5. The van der Waals surface area contributed by atoms with Crippen molar-refractivity contribution >= 4 is 17.5 Å². The standard InChI is InChI=1S/C25H25ClN4O2/c26-22-5-1-3-20(13-22)15-29-17-23(21-4-2-8-28-14-21)25(18-29)24(31)30(11-12-32-25)16-19-6-9-27-10-7-19/h1-10,13-14,23H,11-12,15-18H2/t23-,25-/m1/s1. The highest BCUT2D eigenvalue weighted by molar-refractivity contribution is 6.30. The molecular formula is C25H25ClN4O2. The van der Waals surface area contributed by atoms with Crippen LogP contribution in [-0.4, -0.2) is 57.5 Å². The summed E-state index contributed by atoms with van der Waals surface area (Å²) in [5.74, 6) is -0.0499. The largest absolute Gasteiger partial charge is 0.361 e. The molecule has 1 amide bonds. The minimum absolute atomic E-state index is 0.0445. The first-order chi connectivity index (χ1) is 15.6. The smallest absolute Gasteiger partial charge is 0.257 e. The Morgan fingerprint density at radius 3 is 2.69 bits per heavy atom. The number of rotatable bonds is 5. The second-order valence-electron chi connectivity index (χ2n) is 8.46. The summed E-state index contributed by atoms with van der Waals surface area (Å²) in [5.41, 5.74) is 2.29. The van der Waals surface area contributed by atoms with Crippen LogP contribution < -0.4 is 0 Å². The monoisotopic (exact) mass is 448 g/mol. The molecule has 0 unspecified atom stereocenters. The molecule has 2 fully saturated rings. The molecule has 2 aromatic heterocycles. The molecule has 0 radical (unpaired) electrons. The summed E-state index contributed by atoms with van der Waals surface area (Å²) in [4.78, 5) is 26.5. The molecule has 2 aliphatic rings. The summed E-state index contributed by atoms with van der Waals surface area (Å²) >= 11 is 6.20. The maximum atomic E-state index is 13.9. The summed E-state index contributed by atoms with van der Waals surface area (Å²) in [6.45, 7) is 3.61. The van der Waals surface area contributed by atoms with Crippen molar-refractivity contribution in [3.8, 4) is 0 Å². The van der Waals surface area contributed by atoms with Crippen LogP contribution >= 0.6 is 11.6 Å². The quantitative estimate of drug-likeness (QED) is 0.597. The van der Waals surface area contributed by atoms with E-state index in [1.165, 1.54) is 0 Å². The lowest BCUT2D eigenvalue weighted by molar-refractivity contribution is -0.173. The number of hydrogen-bond donors (Lipinski definition) is 0. The van der Waals surface area contributed by atoms with Gasteiger partial charge in [0.15, 0.2) is 5.60 Å². The summed E-state index contributed by atoms with van der Waals surface area (Å²) < 4.78 is 6.37. The zero-order chi connectivity index (χ0) is 22.0. The van der Waals surface area contributed by atoms with Crippen LogP contribution in [0.3, 0.4) is 0 Å². The Kier molecular flexibility index (Phi) is 5.91. The lowest BCUT2D eigenvalue weighted by atomic mass is 9.83. The maximum Gasteiger partial charge on any atom is 0.257 e. The lowest BCUT2D eigenvalue weighted by Crippen LogP contribution is -2.59. The van der Waals surface area contributed by atoms with E-state index in [4.69, 9.17) is 16.3 Å². The van der Waals surface area contributed by atoms with Gasteiger partial charge in [0.2, 0.25) is 0 Å². The lowest BCUT2D eigenvalue weighted by Gasteiger charge is -2.42. The van der Waals surface area contributed by atoms with Crippen molar-refractivity contribution in [1.29, 1.82) is 0 Å². The fourth-order valence-corrected chi connectivity index (χ4v) is 5.09. The van der Waals surface area contributed by atoms with Crippen LogP contribution in [0, 0.1) is 0 Å². The second kappa shape index (κ2) is 8.98. The number of carbonyl (C=O) groups excluding carboxylic acids is 1. The van der Waals surface area contributed by atoms with Crippen LogP contribution in [0.15, 0.2) is 73.3 Å². The van der Waals surface area contributed by atoms with Gasteiger partial charge in [-0.05, 0) is 47.0 Å². The fourth-order valence-electron chi connectivity index (χ4n) is 4.87. The van der Waals surface area contributed by atoms with Gasteiger partial charge in [0.1, 0.15) is 0 Å². The summed E-state index contributed by atoms with van der Waals surface area (Å²) in [6, 6.07) is 15.7. The molecule has 0 N–H and O–H groups in total. The van der Waals surface area contributed by atoms with Gasteiger partial charge in [0.25, 0.3) is 5.91 Å². The third-order valence-corrected chi connectivity index (χ3v) is 6.57. The summed E-state index contributed by atoms with van der Waals surface area (Å²) in [7, 11) is 0. The van der Waals surface area contributed by atoms with Crippen molar-refractivity contribution < 1.29 is 9.53 Å². The number of pyridine rings is 2. The molecule has 7 heteroatoms. The molecule has 32 heavy (non-hydrogen) atoms. The first-order valence-electron chi connectivity index (χ1n) is 10.8. The molecule has 6 nitrogen and oxygen atoms in total. The highest BCUT2D eigenvalue weighted by Gasteiger charge is 2.56. The van der Waals surface area contributed by atoms with Crippen molar-refractivity contribution in [2.75, 3.05) is 26.2 Å². The highest BCUT2D eigenvalue weighted by Crippen LogP contribution is 2.42. The number of aromatic nitrogens is 2. The SMILES string of the molecule is O=C1N(Cc2ccncc2)CCO[C@@]12CN(Cc1cccc(Cl)c1)C[C@@H]2c1cccnc1. The third kappa shape index (κ3) is 4.13. The number of ether oxygens (including phenoxy) is 1. The molecule has 2 atom stereocenters. The topological polar surface area (TPSA) is 58.6 Å². The van der Waals surface area contributed by atoms with E-state index in [9.17, 15) is 4.79 Å². The number of amides is 1. The molecule has 1 aromatic carbocycles. The Morgan fingerprint density at radius 1 is 1.03 bits per heavy atom. The van der Waals surface area contributed by atoms with Gasteiger partial charge in [0.05, 0.1) is 6.61 Å². The minimum atomic E-state index is -0.924. The number of benzene rings is 1. The van der Waals surface area contributed by atoms with Gasteiger partial charge >= 0.3 is 0 Å². The molecule has 0 bridgehead atoms. The van der Waals surface area contributed by atoms with E-state index in [0.29, 0.717) is 44.4 Å². The number of likely N-dealkylation sites (tertiary alicyclic amines) is 1. The Balaban J connectivity index is 1.45. The van der Waals surface area contributed by atoms with E-state index >= 15 is 0 Å². The Morgan fingerprint density at radius 2 is 1.91 bits per heavy atom. The van der Waals surface area contributed by atoms with E-state index < -0.39 is 5.60 Å². The first kappa shape index (κ1) is 21.1. The van der Waals surface area contributed by atoms with Gasteiger partial charge in [0, 0.05) is 68.5 Å². The van der Waals surface area contributed by atoms with Crippen LogP contribution in [0.5, 0.6) is 0 Å². The predicted molar refractivity (Wildman–Crippen MR) is 122 cm³/mol. The minimum Gasteiger partial charge on any atom is -0.361 e. The van der Waals surface area contributed by atoms with Crippen molar-refractivity contribution in [2.45, 2.75) is 24.6 Å². The average Bonchev–Trinajstić information content (AvgIpc) is 3.17. The summed E-state index contributed by atoms with van der Waals surface area (Å²) in [5, 5.41) is 0.716.